The highest BCUT2D eigenvalue weighted by molar-refractivity contribution is 6.32. The van der Waals surface area contributed by atoms with Gasteiger partial charge in [0.1, 0.15) is 13.2 Å². The van der Waals surface area contributed by atoms with Crippen molar-refractivity contribution < 1.29 is 9.47 Å². The molecule has 130 valence electrons. The topological polar surface area (TPSA) is 48.3 Å². The molecule has 0 radical (unpaired) electrons. The van der Waals surface area contributed by atoms with Crippen molar-refractivity contribution in [2.24, 2.45) is 0 Å². The number of rotatable bonds is 5. The van der Waals surface area contributed by atoms with E-state index in [2.05, 4.69) is 38.1 Å². The summed E-state index contributed by atoms with van der Waals surface area (Å²) in [5, 5.41) is 8.76. The molecule has 0 fully saturated rings. The highest BCUT2D eigenvalue weighted by Crippen LogP contribution is 2.38. The van der Waals surface area contributed by atoms with Crippen LogP contribution in [0.15, 0.2) is 12.1 Å². The van der Waals surface area contributed by atoms with Gasteiger partial charge in [-0.1, -0.05) is 11.6 Å². The summed E-state index contributed by atoms with van der Waals surface area (Å²) in [6.45, 7) is 11.2. The first-order chi connectivity index (χ1) is 11.5. The average molecular weight is 350 g/mol. The quantitative estimate of drug-likeness (QED) is 0.892. The van der Waals surface area contributed by atoms with Gasteiger partial charge in [-0.3, -0.25) is 4.68 Å². The molecule has 1 aromatic carbocycles. The third kappa shape index (κ3) is 3.23. The Bertz CT molecular complexity index is 742. The molecule has 1 N–H and O–H groups in total. The van der Waals surface area contributed by atoms with E-state index < -0.39 is 0 Å². The fourth-order valence-electron chi connectivity index (χ4n) is 3.28. The van der Waals surface area contributed by atoms with Crippen molar-refractivity contribution in [1.29, 1.82) is 0 Å². The predicted molar refractivity (Wildman–Crippen MR) is 95.1 cm³/mol. The lowest BCUT2D eigenvalue weighted by Gasteiger charge is -2.21. The minimum atomic E-state index is 0.206. The van der Waals surface area contributed by atoms with Crippen molar-refractivity contribution >= 4 is 11.6 Å². The second kappa shape index (κ2) is 7.03. The molecule has 2 heterocycles. The lowest BCUT2D eigenvalue weighted by molar-refractivity contribution is 0.171. The first-order valence-electron chi connectivity index (χ1n) is 8.36. The minimum absolute atomic E-state index is 0.206. The molecule has 6 heteroatoms. The normalized spacial score (nSPS) is 14.7. The maximum atomic E-state index is 6.31. The third-order valence-electron chi connectivity index (χ3n) is 4.44. The summed E-state index contributed by atoms with van der Waals surface area (Å²) in [6, 6.07) is 4.14. The second-order valence-corrected chi connectivity index (χ2v) is 6.51. The number of hydrogen-bond donors (Lipinski definition) is 1. The Labute approximate surface area is 147 Å². The molecule has 1 aliphatic rings. The van der Waals surface area contributed by atoms with E-state index in [9.17, 15) is 0 Å². The van der Waals surface area contributed by atoms with E-state index in [1.807, 2.05) is 16.8 Å². The Morgan fingerprint density at radius 3 is 2.75 bits per heavy atom. The van der Waals surface area contributed by atoms with Gasteiger partial charge in [-0.25, -0.2) is 0 Å². The Balaban J connectivity index is 1.74. The molecule has 1 atom stereocenters. The second-order valence-electron chi connectivity index (χ2n) is 6.10. The van der Waals surface area contributed by atoms with E-state index in [0.29, 0.717) is 30.5 Å². The number of ether oxygens (including phenoxy) is 2. The van der Waals surface area contributed by atoms with Gasteiger partial charge < -0.3 is 14.8 Å². The fourth-order valence-corrected chi connectivity index (χ4v) is 3.57. The van der Waals surface area contributed by atoms with Crippen LogP contribution in [0.2, 0.25) is 5.02 Å². The van der Waals surface area contributed by atoms with Crippen LogP contribution < -0.4 is 14.8 Å². The molecule has 0 saturated carbocycles. The van der Waals surface area contributed by atoms with Gasteiger partial charge in [0.15, 0.2) is 11.5 Å². The molecule has 1 aromatic heterocycles. The number of fused-ring (bicyclic) bond motifs is 1. The summed E-state index contributed by atoms with van der Waals surface area (Å²) in [4.78, 5) is 0. The van der Waals surface area contributed by atoms with Gasteiger partial charge in [0, 0.05) is 30.4 Å². The lowest BCUT2D eigenvalue weighted by Crippen LogP contribution is -2.20. The van der Waals surface area contributed by atoms with Gasteiger partial charge in [0.05, 0.1) is 10.7 Å². The summed E-state index contributed by atoms with van der Waals surface area (Å²) >= 11 is 6.31. The first-order valence-corrected chi connectivity index (χ1v) is 8.74. The van der Waals surface area contributed by atoms with Crippen LogP contribution in [0.5, 0.6) is 11.5 Å². The molecular weight excluding hydrogens is 326 g/mol. The standard InChI is InChI=1S/C18H24ClN3O2/c1-5-22-13(4)17(12(3)21-22)11(2)20-10-14-8-15(19)18-16(9-14)23-6-7-24-18/h8-9,11,20H,5-7,10H2,1-4H3/t11-/m1/s1. The maximum Gasteiger partial charge on any atom is 0.179 e. The molecule has 24 heavy (non-hydrogen) atoms. The van der Waals surface area contributed by atoms with Gasteiger partial charge >= 0.3 is 0 Å². The summed E-state index contributed by atoms with van der Waals surface area (Å²) in [5.74, 6) is 1.37. The van der Waals surface area contributed by atoms with Crippen molar-refractivity contribution in [2.45, 2.75) is 46.8 Å². The summed E-state index contributed by atoms with van der Waals surface area (Å²) < 4.78 is 13.2. The number of hydrogen-bond acceptors (Lipinski definition) is 4. The number of aromatic nitrogens is 2. The van der Waals surface area contributed by atoms with Crippen molar-refractivity contribution in [3.05, 3.63) is 39.7 Å². The fraction of sp³-hybridized carbons (Fsp3) is 0.500. The van der Waals surface area contributed by atoms with E-state index in [0.717, 1.165) is 23.6 Å². The Morgan fingerprint density at radius 1 is 1.29 bits per heavy atom. The Kier molecular flexibility index (Phi) is 5.01. The van der Waals surface area contributed by atoms with Crippen LogP contribution in [0.25, 0.3) is 0 Å². The monoisotopic (exact) mass is 349 g/mol. The number of benzene rings is 1. The van der Waals surface area contributed by atoms with Crippen LogP contribution in [0.1, 0.15) is 42.4 Å². The summed E-state index contributed by atoms with van der Waals surface area (Å²) in [5.41, 5.74) is 4.64. The van der Waals surface area contributed by atoms with Crippen molar-refractivity contribution in [2.75, 3.05) is 13.2 Å². The molecule has 1 aliphatic heterocycles. The molecule has 2 aromatic rings. The van der Waals surface area contributed by atoms with Crippen LogP contribution >= 0.6 is 11.6 Å². The van der Waals surface area contributed by atoms with E-state index in [4.69, 9.17) is 21.1 Å². The number of aryl methyl sites for hydroxylation is 2. The summed E-state index contributed by atoms with van der Waals surface area (Å²) in [7, 11) is 0. The molecular formula is C18H24ClN3O2. The zero-order valence-electron chi connectivity index (χ0n) is 14.6. The van der Waals surface area contributed by atoms with E-state index >= 15 is 0 Å². The van der Waals surface area contributed by atoms with Gasteiger partial charge in [-0.2, -0.15) is 5.10 Å². The third-order valence-corrected chi connectivity index (χ3v) is 4.72. The zero-order chi connectivity index (χ0) is 17.3. The van der Waals surface area contributed by atoms with Crippen LogP contribution in [0.4, 0.5) is 0 Å². The Morgan fingerprint density at radius 2 is 2.04 bits per heavy atom. The molecule has 0 bridgehead atoms. The van der Waals surface area contributed by atoms with Crippen LogP contribution in [-0.4, -0.2) is 23.0 Å². The highest BCUT2D eigenvalue weighted by atomic mass is 35.5. The van der Waals surface area contributed by atoms with Gasteiger partial charge in [0.2, 0.25) is 0 Å². The average Bonchev–Trinajstić information content (AvgIpc) is 2.86. The highest BCUT2D eigenvalue weighted by Gasteiger charge is 2.19. The molecule has 0 amide bonds. The van der Waals surface area contributed by atoms with Crippen LogP contribution in [0.3, 0.4) is 0 Å². The van der Waals surface area contributed by atoms with E-state index in [1.165, 1.54) is 11.3 Å². The number of nitrogens with one attached hydrogen (secondary N) is 1. The predicted octanol–water partition coefficient (Wildman–Crippen LogP) is 3.80. The molecule has 0 spiro atoms. The maximum absolute atomic E-state index is 6.31. The van der Waals surface area contributed by atoms with Crippen molar-refractivity contribution in [1.82, 2.24) is 15.1 Å². The smallest absolute Gasteiger partial charge is 0.179 e. The first kappa shape index (κ1) is 17.1. The minimum Gasteiger partial charge on any atom is -0.486 e. The molecule has 3 rings (SSSR count). The van der Waals surface area contributed by atoms with Crippen molar-refractivity contribution in [3.8, 4) is 11.5 Å². The molecule has 5 nitrogen and oxygen atoms in total. The number of nitrogens with zero attached hydrogens (tertiary/aromatic N) is 2. The molecule has 0 aliphatic carbocycles. The lowest BCUT2D eigenvalue weighted by atomic mass is 10.1. The van der Waals surface area contributed by atoms with Crippen LogP contribution in [0, 0.1) is 13.8 Å². The summed E-state index contributed by atoms with van der Waals surface area (Å²) in [6.07, 6.45) is 0. The van der Waals surface area contributed by atoms with Crippen molar-refractivity contribution in [3.63, 3.8) is 0 Å². The number of halogens is 1. The largest absolute Gasteiger partial charge is 0.486 e. The van der Waals surface area contributed by atoms with Gasteiger partial charge in [0.25, 0.3) is 0 Å². The van der Waals surface area contributed by atoms with Gasteiger partial charge in [-0.15, -0.1) is 0 Å². The van der Waals surface area contributed by atoms with Crippen LogP contribution in [-0.2, 0) is 13.1 Å². The SMILES string of the molecule is CCn1nc(C)c([C@@H](C)NCc2cc(Cl)c3c(c2)OCCO3)c1C. The molecule has 0 saturated heterocycles. The van der Waals surface area contributed by atoms with Gasteiger partial charge in [-0.05, 0) is 45.4 Å². The van der Waals surface area contributed by atoms with E-state index in [1.54, 1.807) is 0 Å². The zero-order valence-corrected chi connectivity index (χ0v) is 15.4. The van der Waals surface area contributed by atoms with E-state index in [-0.39, 0.29) is 6.04 Å². The Hall–Kier alpha value is -1.72. The molecule has 0 unspecified atom stereocenters.